The molecule has 0 spiro atoms. The average molecular weight is 214 g/mol. The molecule has 0 aromatic heterocycles. The molecule has 0 fully saturated rings. The van der Waals surface area contributed by atoms with Crippen molar-refractivity contribution in [2.75, 3.05) is 6.61 Å². The van der Waals surface area contributed by atoms with E-state index in [1.165, 1.54) is 0 Å². The summed E-state index contributed by atoms with van der Waals surface area (Å²) >= 11 is 0. The first-order valence-electron chi connectivity index (χ1n) is 5.20. The van der Waals surface area contributed by atoms with Gasteiger partial charge in [-0.3, -0.25) is 0 Å². The van der Waals surface area contributed by atoms with E-state index in [9.17, 15) is 8.78 Å². The van der Waals surface area contributed by atoms with Crippen LogP contribution >= 0.6 is 0 Å². The van der Waals surface area contributed by atoms with E-state index in [1.54, 1.807) is 24.3 Å². The summed E-state index contributed by atoms with van der Waals surface area (Å²) in [5, 5.41) is 0. The fourth-order valence-electron chi connectivity index (χ4n) is 1.25. The molecule has 15 heavy (non-hydrogen) atoms. The van der Waals surface area contributed by atoms with Crippen molar-refractivity contribution in [2.24, 2.45) is 0 Å². The maximum absolute atomic E-state index is 13.2. The summed E-state index contributed by atoms with van der Waals surface area (Å²) in [5.74, 6) is 0.573. The van der Waals surface area contributed by atoms with Gasteiger partial charge in [0.15, 0.2) is 6.17 Å². The molecule has 0 saturated carbocycles. The van der Waals surface area contributed by atoms with Crippen molar-refractivity contribution in [1.82, 2.24) is 0 Å². The molecule has 0 bridgehead atoms. The van der Waals surface area contributed by atoms with E-state index >= 15 is 0 Å². The number of para-hydroxylation sites is 1. The van der Waals surface area contributed by atoms with Gasteiger partial charge in [0.1, 0.15) is 18.5 Å². The van der Waals surface area contributed by atoms with Crippen molar-refractivity contribution in [2.45, 2.75) is 32.1 Å². The van der Waals surface area contributed by atoms with Gasteiger partial charge in [-0.25, -0.2) is 8.78 Å². The number of halogens is 2. The molecular formula is C12H16F2O. The topological polar surface area (TPSA) is 9.23 Å². The minimum atomic E-state index is -1.54. The Morgan fingerprint density at radius 2 is 1.80 bits per heavy atom. The number of rotatable bonds is 6. The van der Waals surface area contributed by atoms with Gasteiger partial charge >= 0.3 is 0 Å². The zero-order valence-electron chi connectivity index (χ0n) is 8.83. The molecule has 84 valence electrons. The Labute approximate surface area is 89.1 Å². The molecule has 1 aromatic rings. The number of ether oxygens (including phenoxy) is 1. The summed E-state index contributed by atoms with van der Waals surface area (Å²) in [7, 11) is 0. The predicted molar refractivity (Wildman–Crippen MR) is 56.6 cm³/mol. The first-order valence-corrected chi connectivity index (χ1v) is 5.20. The Morgan fingerprint density at radius 3 is 2.40 bits per heavy atom. The molecule has 1 aromatic carbocycles. The zero-order chi connectivity index (χ0) is 11.1. The van der Waals surface area contributed by atoms with Crippen LogP contribution in [0.25, 0.3) is 0 Å². The van der Waals surface area contributed by atoms with Crippen LogP contribution < -0.4 is 4.74 Å². The predicted octanol–water partition coefficient (Wildman–Crippen LogP) is 3.54. The molecule has 0 amide bonds. The second-order valence-electron chi connectivity index (χ2n) is 3.44. The zero-order valence-corrected chi connectivity index (χ0v) is 8.83. The molecule has 2 atom stereocenters. The Balaban J connectivity index is 2.31. The normalized spacial score (nSPS) is 14.6. The van der Waals surface area contributed by atoms with Crippen LogP contribution in [0.1, 0.15) is 19.8 Å². The lowest BCUT2D eigenvalue weighted by atomic mass is 10.1. The molecule has 0 N–H and O–H groups in total. The van der Waals surface area contributed by atoms with E-state index in [2.05, 4.69) is 0 Å². The van der Waals surface area contributed by atoms with Crippen molar-refractivity contribution in [3.8, 4) is 5.75 Å². The fraction of sp³-hybridized carbons (Fsp3) is 0.500. The van der Waals surface area contributed by atoms with E-state index in [0.717, 1.165) is 0 Å². The van der Waals surface area contributed by atoms with Crippen LogP contribution in [0.3, 0.4) is 0 Å². The van der Waals surface area contributed by atoms with Gasteiger partial charge in [-0.15, -0.1) is 0 Å². The SMILES string of the molecule is CCC[C@H](F)[C@H](F)COc1ccccc1. The highest BCUT2D eigenvalue weighted by atomic mass is 19.2. The molecule has 1 rings (SSSR count). The fourth-order valence-corrected chi connectivity index (χ4v) is 1.25. The maximum atomic E-state index is 13.2. The number of alkyl halides is 2. The lowest BCUT2D eigenvalue weighted by molar-refractivity contribution is 0.103. The lowest BCUT2D eigenvalue weighted by Crippen LogP contribution is -2.24. The quantitative estimate of drug-likeness (QED) is 0.703. The van der Waals surface area contributed by atoms with Crippen LogP contribution in [0.4, 0.5) is 8.78 Å². The van der Waals surface area contributed by atoms with Gasteiger partial charge in [-0.2, -0.15) is 0 Å². The average Bonchev–Trinajstić information content (AvgIpc) is 2.27. The summed E-state index contributed by atoms with van der Waals surface area (Å²) in [6.45, 7) is 1.61. The monoisotopic (exact) mass is 214 g/mol. The van der Waals surface area contributed by atoms with E-state index in [0.29, 0.717) is 12.2 Å². The van der Waals surface area contributed by atoms with Crippen molar-refractivity contribution in [3.63, 3.8) is 0 Å². The van der Waals surface area contributed by atoms with E-state index < -0.39 is 12.3 Å². The van der Waals surface area contributed by atoms with Crippen LogP contribution in [-0.4, -0.2) is 19.0 Å². The molecule has 0 aliphatic carbocycles. The van der Waals surface area contributed by atoms with Crippen molar-refractivity contribution >= 4 is 0 Å². The van der Waals surface area contributed by atoms with Crippen LogP contribution in [0.15, 0.2) is 30.3 Å². The third-order valence-corrected chi connectivity index (χ3v) is 2.11. The van der Waals surface area contributed by atoms with Crippen LogP contribution in [0.5, 0.6) is 5.75 Å². The largest absolute Gasteiger partial charge is 0.490 e. The van der Waals surface area contributed by atoms with Crippen molar-refractivity contribution in [3.05, 3.63) is 30.3 Å². The summed E-state index contributed by atoms with van der Waals surface area (Å²) in [6.07, 6.45) is -2.06. The second-order valence-corrected chi connectivity index (χ2v) is 3.44. The molecule has 0 aliphatic heterocycles. The Hall–Kier alpha value is -1.12. The van der Waals surface area contributed by atoms with Gasteiger partial charge in [-0.1, -0.05) is 31.5 Å². The lowest BCUT2D eigenvalue weighted by Gasteiger charge is -2.13. The highest BCUT2D eigenvalue weighted by Crippen LogP contribution is 2.14. The van der Waals surface area contributed by atoms with E-state index in [-0.39, 0.29) is 13.0 Å². The van der Waals surface area contributed by atoms with E-state index in [1.807, 2.05) is 13.0 Å². The molecular weight excluding hydrogens is 198 g/mol. The first kappa shape index (κ1) is 12.0. The Kier molecular flexibility index (Phi) is 5.08. The van der Waals surface area contributed by atoms with Gasteiger partial charge in [0.25, 0.3) is 0 Å². The smallest absolute Gasteiger partial charge is 0.165 e. The number of hydrogen-bond donors (Lipinski definition) is 0. The standard InChI is InChI=1S/C12H16F2O/c1-2-6-11(13)12(14)9-15-10-7-4-3-5-8-10/h3-5,7-8,11-12H,2,6,9H2,1H3/t11-,12+/m0/s1. The minimum Gasteiger partial charge on any atom is -0.490 e. The number of hydrogen-bond acceptors (Lipinski definition) is 1. The van der Waals surface area contributed by atoms with Gasteiger partial charge in [0, 0.05) is 0 Å². The van der Waals surface area contributed by atoms with Gasteiger partial charge in [0.05, 0.1) is 0 Å². The summed E-state index contributed by atoms with van der Waals surface area (Å²) in [5.41, 5.74) is 0. The molecule has 1 nitrogen and oxygen atoms in total. The summed E-state index contributed by atoms with van der Waals surface area (Å²) in [6, 6.07) is 8.87. The highest BCUT2D eigenvalue weighted by Gasteiger charge is 2.19. The maximum Gasteiger partial charge on any atom is 0.165 e. The Bertz CT molecular complexity index is 264. The molecule has 0 unspecified atom stereocenters. The van der Waals surface area contributed by atoms with Crippen molar-refractivity contribution in [1.29, 1.82) is 0 Å². The summed E-state index contributed by atoms with van der Waals surface area (Å²) in [4.78, 5) is 0. The van der Waals surface area contributed by atoms with Crippen LogP contribution in [-0.2, 0) is 0 Å². The van der Waals surface area contributed by atoms with Crippen molar-refractivity contribution < 1.29 is 13.5 Å². The van der Waals surface area contributed by atoms with E-state index in [4.69, 9.17) is 4.74 Å². The third kappa shape index (κ3) is 4.28. The first-order chi connectivity index (χ1) is 7.24. The minimum absolute atomic E-state index is 0.217. The molecule has 0 heterocycles. The molecule has 0 aliphatic rings. The van der Waals surface area contributed by atoms with Gasteiger partial charge in [-0.05, 0) is 18.6 Å². The number of benzene rings is 1. The second kappa shape index (κ2) is 6.38. The highest BCUT2D eigenvalue weighted by molar-refractivity contribution is 5.20. The van der Waals surface area contributed by atoms with Crippen LogP contribution in [0, 0.1) is 0 Å². The third-order valence-electron chi connectivity index (χ3n) is 2.11. The van der Waals surface area contributed by atoms with Gasteiger partial charge in [0.2, 0.25) is 0 Å². The summed E-state index contributed by atoms with van der Waals surface area (Å²) < 4.78 is 31.3. The molecule has 3 heteroatoms. The van der Waals surface area contributed by atoms with Crippen LogP contribution in [0.2, 0.25) is 0 Å². The van der Waals surface area contributed by atoms with Gasteiger partial charge < -0.3 is 4.74 Å². The Morgan fingerprint density at radius 1 is 1.13 bits per heavy atom. The molecule has 0 saturated heterocycles. The molecule has 0 radical (unpaired) electrons.